The van der Waals surface area contributed by atoms with Gasteiger partial charge in [0.1, 0.15) is 11.4 Å². The van der Waals surface area contributed by atoms with Gasteiger partial charge in [0.05, 0.1) is 29.0 Å². The number of aromatic nitrogens is 4. The molecule has 0 aliphatic heterocycles. The maximum Gasteiger partial charge on any atom is 0.289 e. The van der Waals surface area contributed by atoms with Crippen molar-refractivity contribution in [1.29, 1.82) is 0 Å². The van der Waals surface area contributed by atoms with E-state index >= 15 is 0 Å². The van der Waals surface area contributed by atoms with Crippen LogP contribution in [0.15, 0.2) is 53.6 Å². The van der Waals surface area contributed by atoms with Crippen LogP contribution in [0.4, 0.5) is 0 Å². The van der Waals surface area contributed by atoms with Crippen LogP contribution in [0.5, 0.6) is 5.75 Å². The van der Waals surface area contributed by atoms with E-state index in [2.05, 4.69) is 67.4 Å². The molecule has 0 radical (unpaired) electrons. The molecule has 0 saturated carbocycles. The molecule has 3 N–H and O–H groups in total. The van der Waals surface area contributed by atoms with Crippen molar-refractivity contribution < 1.29 is 9.90 Å². The molecule has 0 atom stereocenters. The standard InChI is InChI=1S/C30H36N6O2/c1-18-26(19(2)36(35-18)21-12-10-9-11-13-21)24-16-25(33-32-24)28(38)34-31-17-20-14-22(29(3,4)5)27(37)23(15-20)30(6,7)8/h9-17,37H,1-8H3,(H,32,33)(H,34,38)/b31-17-. The quantitative estimate of drug-likeness (QED) is 0.227. The molecule has 0 aliphatic carbocycles. The van der Waals surface area contributed by atoms with Gasteiger partial charge in [0.15, 0.2) is 0 Å². The first-order valence-corrected chi connectivity index (χ1v) is 12.7. The van der Waals surface area contributed by atoms with E-state index in [1.165, 1.54) is 0 Å². The number of aromatic hydroxyl groups is 1. The minimum Gasteiger partial charge on any atom is -0.507 e. The summed E-state index contributed by atoms with van der Waals surface area (Å²) in [6.07, 6.45) is 1.59. The minimum atomic E-state index is -0.406. The van der Waals surface area contributed by atoms with Crippen molar-refractivity contribution >= 4 is 12.1 Å². The second-order valence-corrected chi connectivity index (χ2v) is 11.6. The molecule has 2 aromatic heterocycles. The normalized spacial score (nSPS) is 12.3. The summed E-state index contributed by atoms with van der Waals surface area (Å²) in [7, 11) is 0. The lowest BCUT2D eigenvalue weighted by Gasteiger charge is -2.27. The monoisotopic (exact) mass is 512 g/mol. The fraction of sp³-hybridized carbons (Fsp3) is 0.333. The second kappa shape index (κ2) is 9.93. The van der Waals surface area contributed by atoms with Crippen LogP contribution in [-0.2, 0) is 10.8 Å². The predicted molar refractivity (Wildman–Crippen MR) is 151 cm³/mol. The first kappa shape index (κ1) is 26.9. The third-order valence-corrected chi connectivity index (χ3v) is 6.50. The number of hydrazone groups is 1. The Bertz CT molecular complexity index is 1460. The summed E-state index contributed by atoms with van der Waals surface area (Å²) in [6.45, 7) is 16.2. The number of hydrogen-bond acceptors (Lipinski definition) is 5. The first-order chi connectivity index (χ1) is 17.8. The van der Waals surface area contributed by atoms with E-state index in [1.807, 2.05) is 61.0 Å². The molecule has 0 spiro atoms. The molecular formula is C30H36N6O2. The van der Waals surface area contributed by atoms with E-state index in [0.717, 1.165) is 39.3 Å². The van der Waals surface area contributed by atoms with Crippen LogP contribution in [-0.4, -0.2) is 37.2 Å². The number of phenolic OH excluding ortho intramolecular Hbond substituents is 1. The van der Waals surface area contributed by atoms with Crippen LogP contribution < -0.4 is 5.43 Å². The summed E-state index contributed by atoms with van der Waals surface area (Å²) in [4.78, 5) is 12.8. The van der Waals surface area contributed by atoms with Gasteiger partial charge >= 0.3 is 0 Å². The van der Waals surface area contributed by atoms with Crippen LogP contribution in [0.25, 0.3) is 16.9 Å². The highest BCUT2D eigenvalue weighted by Gasteiger charge is 2.26. The fourth-order valence-corrected chi connectivity index (χ4v) is 4.50. The number of carbonyl (C=O) groups excluding carboxylic acids is 1. The van der Waals surface area contributed by atoms with E-state index in [1.54, 1.807) is 12.3 Å². The summed E-state index contributed by atoms with van der Waals surface area (Å²) in [6, 6.07) is 15.4. The van der Waals surface area contributed by atoms with Crippen molar-refractivity contribution in [2.24, 2.45) is 5.10 Å². The van der Waals surface area contributed by atoms with Crippen LogP contribution in [0.2, 0.25) is 0 Å². The van der Waals surface area contributed by atoms with Gasteiger partial charge in [-0.3, -0.25) is 9.89 Å². The highest BCUT2D eigenvalue weighted by molar-refractivity contribution is 5.94. The molecule has 2 heterocycles. The molecule has 4 rings (SSSR count). The molecule has 8 heteroatoms. The third-order valence-electron chi connectivity index (χ3n) is 6.50. The van der Waals surface area contributed by atoms with Crippen LogP contribution >= 0.6 is 0 Å². The highest BCUT2D eigenvalue weighted by atomic mass is 16.3. The Morgan fingerprint density at radius 3 is 2.18 bits per heavy atom. The lowest BCUT2D eigenvalue weighted by molar-refractivity contribution is 0.0950. The number of nitrogens with one attached hydrogen (secondary N) is 2. The van der Waals surface area contributed by atoms with Crippen molar-refractivity contribution in [2.75, 3.05) is 0 Å². The molecule has 2 aromatic carbocycles. The van der Waals surface area contributed by atoms with Gasteiger partial charge in [-0.25, -0.2) is 10.1 Å². The summed E-state index contributed by atoms with van der Waals surface area (Å²) in [5.74, 6) is -0.103. The predicted octanol–water partition coefficient (Wildman–Crippen LogP) is 5.94. The minimum absolute atomic E-state index is 0.256. The largest absolute Gasteiger partial charge is 0.507 e. The fourth-order valence-electron chi connectivity index (χ4n) is 4.50. The SMILES string of the molecule is Cc1nn(-c2ccccc2)c(C)c1-c1cc(C(=O)N/N=C\c2cc(C(C)(C)C)c(O)c(C(C)(C)C)c2)[nH]n1. The van der Waals surface area contributed by atoms with Crippen LogP contribution in [0.1, 0.15) is 80.1 Å². The average Bonchev–Trinajstić information content (AvgIpc) is 3.43. The molecule has 0 unspecified atom stereocenters. The van der Waals surface area contributed by atoms with Crippen molar-refractivity contribution in [2.45, 2.75) is 66.2 Å². The summed E-state index contributed by atoms with van der Waals surface area (Å²) in [5.41, 5.74) is 9.04. The van der Waals surface area contributed by atoms with Gasteiger partial charge in [0.25, 0.3) is 5.91 Å². The van der Waals surface area contributed by atoms with E-state index in [-0.39, 0.29) is 10.8 Å². The first-order valence-electron chi connectivity index (χ1n) is 12.7. The molecule has 38 heavy (non-hydrogen) atoms. The zero-order valence-electron chi connectivity index (χ0n) is 23.3. The Morgan fingerprint density at radius 2 is 1.61 bits per heavy atom. The van der Waals surface area contributed by atoms with Gasteiger partial charge in [-0.1, -0.05) is 59.7 Å². The molecule has 0 saturated heterocycles. The Labute approximate surface area is 223 Å². The second-order valence-electron chi connectivity index (χ2n) is 11.6. The number of carbonyl (C=O) groups is 1. The number of para-hydroxylation sites is 1. The lowest BCUT2D eigenvalue weighted by atomic mass is 9.78. The Kier molecular flexibility index (Phi) is 7.02. The van der Waals surface area contributed by atoms with Crippen molar-refractivity contribution in [1.82, 2.24) is 25.4 Å². The van der Waals surface area contributed by atoms with Gasteiger partial charge in [-0.05, 0) is 60.6 Å². The number of aromatic amines is 1. The van der Waals surface area contributed by atoms with Crippen LogP contribution in [0, 0.1) is 13.8 Å². The number of aryl methyl sites for hydroxylation is 1. The maximum atomic E-state index is 12.8. The number of rotatable bonds is 5. The van der Waals surface area contributed by atoms with Gasteiger partial charge in [-0.2, -0.15) is 15.3 Å². The number of phenols is 1. The Morgan fingerprint density at radius 1 is 1.00 bits per heavy atom. The smallest absolute Gasteiger partial charge is 0.289 e. The molecule has 0 fully saturated rings. The van der Waals surface area contributed by atoms with Gasteiger partial charge in [-0.15, -0.1) is 0 Å². The van der Waals surface area contributed by atoms with Crippen molar-refractivity contribution in [3.05, 3.63) is 82.3 Å². The summed E-state index contributed by atoms with van der Waals surface area (Å²) in [5, 5.41) is 27.0. The average molecular weight is 513 g/mol. The molecule has 8 nitrogen and oxygen atoms in total. The van der Waals surface area contributed by atoms with Crippen LogP contribution in [0.3, 0.4) is 0 Å². The van der Waals surface area contributed by atoms with E-state index in [9.17, 15) is 9.90 Å². The molecule has 198 valence electrons. The van der Waals surface area contributed by atoms with Crippen molar-refractivity contribution in [3.63, 3.8) is 0 Å². The van der Waals surface area contributed by atoms with E-state index in [4.69, 9.17) is 0 Å². The third kappa shape index (κ3) is 5.39. The highest BCUT2D eigenvalue weighted by Crippen LogP contribution is 2.39. The summed E-state index contributed by atoms with van der Waals surface area (Å²) < 4.78 is 1.87. The van der Waals surface area contributed by atoms with Gasteiger partial charge in [0, 0.05) is 16.7 Å². The number of benzene rings is 2. The zero-order valence-corrected chi connectivity index (χ0v) is 23.3. The van der Waals surface area contributed by atoms with E-state index < -0.39 is 5.91 Å². The molecule has 1 amide bonds. The molecular weight excluding hydrogens is 476 g/mol. The van der Waals surface area contributed by atoms with Crippen molar-refractivity contribution in [3.8, 4) is 22.7 Å². The Hall–Kier alpha value is -4.20. The molecule has 0 bridgehead atoms. The molecule has 4 aromatic rings. The number of nitrogens with zero attached hydrogens (tertiary/aromatic N) is 4. The van der Waals surface area contributed by atoms with Gasteiger partial charge < -0.3 is 5.11 Å². The zero-order chi connectivity index (χ0) is 27.8. The molecule has 0 aliphatic rings. The Balaban J connectivity index is 1.55. The number of H-pyrrole nitrogens is 1. The topological polar surface area (TPSA) is 108 Å². The lowest BCUT2D eigenvalue weighted by Crippen LogP contribution is -2.19. The maximum absolute atomic E-state index is 12.8. The number of amides is 1. The number of hydrogen-bond donors (Lipinski definition) is 3. The van der Waals surface area contributed by atoms with Gasteiger partial charge in [0.2, 0.25) is 0 Å². The summed E-state index contributed by atoms with van der Waals surface area (Å²) >= 11 is 0. The van der Waals surface area contributed by atoms with E-state index in [0.29, 0.717) is 17.1 Å².